The molecule has 0 spiro atoms. The Morgan fingerprint density at radius 2 is 1.50 bits per heavy atom. The summed E-state index contributed by atoms with van der Waals surface area (Å²) in [6.07, 6.45) is -2.11. The molecule has 0 fully saturated rings. The number of amides is 2. The molecule has 0 aromatic heterocycles. The Balaban J connectivity index is 3.26. The first kappa shape index (κ1) is 20.9. The topological polar surface area (TPSA) is 111 Å². The summed E-state index contributed by atoms with van der Waals surface area (Å²) >= 11 is 0. The minimum absolute atomic E-state index is 0.0204. The number of ketones is 1. The third-order valence-electron chi connectivity index (χ3n) is 3.03. The number of benzene rings is 1. The maximum atomic E-state index is 12.8. The molecule has 0 aliphatic heterocycles. The minimum atomic E-state index is -1.76. The second kappa shape index (κ2) is 10.7. The third kappa shape index (κ3) is 5.76. The highest BCUT2D eigenvalue weighted by Crippen LogP contribution is 2.12. The molecular formula is C17H22N2O7. The predicted octanol–water partition coefficient (Wildman–Crippen LogP) is 1.92. The van der Waals surface area contributed by atoms with Crippen LogP contribution < -0.4 is 5.43 Å². The number of Topliss-reactive ketones (excluding diaryl/α,β-unsaturated/α-hetero) is 1. The van der Waals surface area contributed by atoms with Crippen molar-refractivity contribution >= 4 is 23.9 Å². The number of rotatable bonds is 7. The molecule has 9 heteroatoms. The molecule has 1 unspecified atom stereocenters. The summed E-state index contributed by atoms with van der Waals surface area (Å²) in [5.41, 5.74) is 2.23. The van der Waals surface area contributed by atoms with E-state index in [2.05, 4.69) is 5.43 Å². The smallest absolute Gasteiger partial charge is 0.430 e. The van der Waals surface area contributed by atoms with Crippen molar-refractivity contribution in [1.82, 2.24) is 10.4 Å². The average Bonchev–Trinajstić information content (AvgIpc) is 2.62. The Bertz CT molecular complexity index is 633. The van der Waals surface area contributed by atoms with E-state index in [1.807, 2.05) is 0 Å². The quantitative estimate of drug-likeness (QED) is 0.258. The minimum Gasteiger partial charge on any atom is -0.464 e. The number of ether oxygens (including phenoxy) is 3. The van der Waals surface area contributed by atoms with E-state index in [0.29, 0.717) is 5.01 Å². The lowest BCUT2D eigenvalue weighted by molar-refractivity contribution is -0.147. The first-order chi connectivity index (χ1) is 12.5. The second-order valence-electron chi connectivity index (χ2n) is 4.79. The van der Waals surface area contributed by atoms with Gasteiger partial charge in [0, 0.05) is 5.56 Å². The van der Waals surface area contributed by atoms with Crippen LogP contribution in [-0.4, -0.2) is 54.8 Å². The van der Waals surface area contributed by atoms with Crippen molar-refractivity contribution in [2.45, 2.75) is 26.8 Å². The maximum absolute atomic E-state index is 12.8. The fourth-order valence-corrected chi connectivity index (χ4v) is 1.98. The van der Waals surface area contributed by atoms with E-state index in [9.17, 15) is 19.2 Å². The summed E-state index contributed by atoms with van der Waals surface area (Å²) in [5.74, 6) is -1.75. The maximum Gasteiger partial charge on any atom is 0.430 e. The lowest BCUT2D eigenvalue weighted by Crippen LogP contribution is -2.58. The molecule has 1 rings (SSSR count). The van der Waals surface area contributed by atoms with Crippen molar-refractivity contribution in [1.29, 1.82) is 0 Å². The van der Waals surface area contributed by atoms with Crippen LogP contribution in [0.25, 0.3) is 0 Å². The van der Waals surface area contributed by atoms with E-state index >= 15 is 0 Å². The fraction of sp³-hybridized carbons (Fsp3) is 0.412. The molecule has 2 amide bonds. The number of hydrazine groups is 1. The zero-order chi connectivity index (χ0) is 19.5. The number of nitrogens with zero attached hydrogens (tertiary/aromatic N) is 1. The highest BCUT2D eigenvalue weighted by atomic mass is 16.6. The second-order valence-corrected chi connectivity index (χ2v) is 4.79. The number of nitrogens with one attached hydrogen (secondary N) is 1. The van der Waals surface area contributed by atoms with Crippen LogP contribution in [0.3, 0.4) is 0 Å². The van der Waals surface area contributed by atoms with Crippen LogP contribution >= 0.6 is 0 Å². The number of esters is 1. The summed E-state index contributed by atoms with van der Waals surface area (Å²) in [6, 6.07) is 6.08. The van der Waals surface area contributed by atoms with Crippen LogP contribution in [0.1, 0.15) is 31.1 Å². The molecule has 1 N–H and O–H groups in total. The lowest BCUT2D eigenvalue weighted by atomic mass is 10.0. The number of carbonyl (C=O) groups excluding carboxylic acids is 4. The standard InChI is InChI=1S/C17H22N2O7/c1-4-24-15(21)13(14(20)12-10-8-7-9-11-12)19(17(23)26-6-3)18-16(22)25-5-2/h7-11,13H,4-6H2,1-3H3,(H,18,22). The molecule has 0 saturated carbocycles. The number of hydrogen-bond acceptors (Lipinski definition) is 7. The van der Waals surface area contributed by atoms with Gasteiger partial charge in [-0.2, -0.15) is 5.01 Å². The molecule has 0 aliphatic rings. The van der Waals surface area contributed by atoms with Gasteiger partial charge in [0.25, 0.3) is 0 Å². The van der Waals surface area contributed by atoms with Crippen LogP contribution in [0.5, 0.6) is 0 Å². The van der Waals surface area contributed by atoms with Gasteiger partial charge in [-0.25, -0.2) is 19.8 Å². The van der Waals surface area contributed by atoms with Crippen molar-refractivity contribution in [3.8, 4) is 0 Å². The molecule has 1 atom stereocenters. The Labute approximate surface area is 151 Å². The Morgan fingerprint density at radius 3 is 2.04 bits per heavy atom. The molecule has 0 bridgehead atoms. The zero-order valence-electron chi connectivity index (χ0n) is 14.9. The predicted molar refractivity (Wildman–Crippen MR) is 90.2 cm³/mol. The third-order valence-corrected chi connectivity index (χ3v) is 3.03. The van der Waals surface area contributed by atoms with Gasteiger partial charge < -0.3 is 14.2 Å². The summed E-state index contributed by atoms with van der Waals surface area (Å²) in [4.78, 5) is 49.2. The number of hydrogen-bond donors (Lipinski definition) is 1. The van der Waals surface area contributed by atoms with E-state index in [-0.39, 0.29) is 25.4 Å². The molecule has 0 heterocycles. The SMILES string of the molecule is CCOC(=O)NN(C(=O)OCC)C(C(=O)OCC)C(=O)c1ccccc1. The molecule has 26 heavy (non-hydrogen) atoms. The van der Waals surface area contributed by atoms with Crippen molar-refractivity contribution in [2.24, 2.45) is 0 Å². The largest absolute Gasteiger partial charge is 0.464 e. The van der Waals surface area contributed by atoms with Crippen LogP contribution in [0, 0.1) is 0 Å². The van der Waals surface area contributed by atoms with Gasteiger partial charge in [0.05, 0.1) is 19.8 Å². The summed E-state index contributed by atoms with van der Waals surface area (Å²) in [6.45, 7) is 4.63. The molecule has 142 valence electrons. The van der Waals surface area contributed by atoms with Crippen molar-refractivity contribution in [3.05, 3.63) is 35.9 Å². The Hall–Kier alpha value is -3.10. The molecule has 0 saturated heterocycles. The van der Waals surface area contributed by atoms with Gasteiger partial charge in [-0.1, -0.05) is 30.3 Å². The van der Waals surface area contributed by atoms with E-state index in [1.54, 1.807) is 39.0 Å². The van der Waals surface area contributed by atoms with Crippen LogP contribution in [0.15, 0.2) is 30.3 Å². The van der Waals surface area contributed by atoms with E-state index in [0.717, 1.165) is 0 Å². The van der Waals surface area contributed by atoms with Gasteiger partial charge in [0.2, 0.25) is 6.04 Å². The Kier molecular flexibility index (Phi) is 8.62. The van der Waals surface area contributed by atoms with Gasteiger partial charge in [-0.05, 0) is 20.8 Å². The highest BCUT2D eigenvalue weighted by molar-refractivity contribution is 6.13. The monoisotopic (exact) mass is 366 g/mol. The molecule has 9 nitrogen and oxygen atoms in total. The molecule has 1 aromatic rings. The van der Waals surface area contributed by atoms with Crippen molar-refractivity contribution < 1.29 is 33.4 Å². The van der Waals surface area contributed by atoms with E-state index in [1.165, 1.54) is 12.1 Å². The first-order valence-electron chi connectivity index (χ1n) is 8.11. The molecule has 0 radical (unpaired) electrons. The summed E-state index contributed by atoms with van der Waals surface area (Å²) in [5, 5.41) is 0.481. The molecular weight excluding hydrogens is 344 g/mol. The van der Waals surface area contributed by atoms with E-state index in [4.69, 9.17) is 14.2 Å². The van der Waals surface area contributed by atoms with Gasteiger partial charge >= 0.3 is 18.2 Å². The summed E-state index contributed by atoms with van der Waals surface area (Å²) < 4.78 is 14.4. The van der Waals surface area contributed by atoms with Gasteiger partial charge in [0.1, 0.15) is 0 Å². The lowest BCUT2D eigenvalue weighted by Gasteiger charge is -2.28. The van der Waals surface area contributed by atoms with E-state index < -0.39 is 30.0 Å². The average molecular weight is 366 g/mol. The van der Waals surface area contributed by atoms with Gasteiger partial charge in [-0.15, -0.1) is 0 Å². The van der Waals surface area contributed by atoms with Crippen LogP contribution in [0.2, 0.25) is 0 Å². The molecule has 0 aliphatic carbocycles. The van der Waals surface area contributed by atoms with Crippen LogP contribution in [0.4, 0.5) is 9.59 Å². The van der Waals surface area contributed by atoms with Gasteiger partial charge in [-0.3, -0.25) is 4.79 Å². The van der Waals surface area contributed by atoms with Crippen LogP contribution in [-0.2, 0) is 19.0 Å². The fourth-order valence-electron chi connectivity index (χ4n) is 1.98. The van der Waals surface area contributed by atoms with Gasteiger partial charge in [0.15, 0.2) is 5.78 Å². The highest BCUT2D eigenvalue weighted by Gasteiger charge is 2.40. The van der Waals surface area contributed by atoms with Crippen molar-refractivity contribution in [3.63, 3.8) is 0 Å². The normalized spacial score (nSPS) is 11.0. The van der Waals surface area contributed by atoms with Crippen molar-refractivity contribution in [2.75, 3.05) is 19.8 Å². The molecule has 1 aromatic carbocycles. The number of carbonyl (C=O) groups is 4. The summed E-state index contributed by atoms with van der Waals surface area (Å²) in [7, 11) is 0. The zero-order valence-corrected chi connectivity index (χ0v) is 14.9. The first-order valence-corrected chi connectivity index (χ1v) is 8.11. The Morgan fingerprint density at radius 1 is 0.923 bits per heavy atom.